The van der Waals surface area contributed by atoms with Crippen LogP contribution in [0, 0.1) is 16.7 Å². The third-order valence-corrected chi connectivity index (χ3v) is 6.92. The molecule has 0 aromatic heterocycles. The summed E-state index contributed by atoms with van der Waals surface area (Å²) in [5.41, 5.74) is -0.582. The molecular formula is C16H28O7. The van der Waals surface area contributed by atoms with Crippen LogP contribution in [-0.4, -0.2) is 75.1 Å². The van der Waals surface area contributed by atoms with Crippen LogP contribution in [0.5, 0.6) is 0 Å². The first-order valence-corrected chi connectivity index (χ1v) is 8.28. The Morgan fingerprint density at radius 1 is 1.00 bits per heavy atom. The number of aliphatic hydroxyl groups excluding tert-OH is 5. The Kier molecular flexibility index (Phi) is 4.29. The van der Waals surface area contributed by atoms with Gasteiger partial charge in [-0.2, -0.15) is 0 Å². The zero-order chi connectivity index (χ0) is 17.2. The maximum Gasteiger partial charge on any atom is 0.186 e. The Balaban J connectivity index is 1.77. The van der Waals surface area contributed by atoms with Crippen LogP contribution in [-0.2, 0) is 9.47 Å². The third-order valence-electron chi connectivity index (χ3n) is 6.92. The molecule has 7 heteroatoms. The fourth-order valence-electron chi connectivity index (χ4n) is 4.74. The Morgan fingerprint density at radius 3 is 2.17 bits per heavy atom. The summed E-state index contributed by atoms with van der Waals surface area (Å²) in [6.45, 7) is 5.73. The molecule has 0 unspecified atom stereocenters. The van der Waals surface area contributed by atoms with Gasteiger partial charge in [-0.15, -0.1) is 0 Å². The summed E-state index contributed by atoms with van der Waals surface area (Å²) in [6, 6.07) is 0. The van der Waals surface area contributed by atoms with Gasteiger partial charge in [0, 0.05) is 5.41 Å². The average molecular weight is 332 g/mol. The van der Waals surface area contributed by atoms with Crippen molar-refractivity contribution in [3.8, 4) is 0 Å². The molecule has 9 atom stereocenters. The molecule has 7 nitrogen and oxygen atoms in total. The summed E-state index contributed by atoms with van der Waals surface area (Å²) in [5.74, 6) is 0.317. The Hall–Kier alpha value is -0.280. The molecule has 5 N–H and O–H groups in total. The largest absolute Gasteiger partial charge is 0.394 e. The van der Waals surface area contributed by atoms with Crippen LogP contribution in [0.25, 0.3) is 0 Å². The van der Waals surface area contributed by atoms with Crippen LogP contribution in [0.3, 0.4) is 0 Å². The SMILES string of the molecule is CC1(C)[C@H]2C[C@H](O[C@@H]3O[C@H](CO)[C@@H](O)[C@H](O)[C@H]3O)[C@]1(C)[C@@H](O)C2. The second-order valence-corrected chi connectivity index (χ2v) is 8.01. The number of hydrogen-bond donors (Lipinski definition) is 5. The van der Waals surface area contributed by atoms with Crippen molar-refractivity contribution in [2.75, 3.05) is 6.61 Å². The highest BCUT2D eigenvalue weighted by Crippen LogP contribution is 2.66. The van der Waals surface area contributed by atoms with Gasteiger partial charge in [-0.3, -0.25) is 0 Å². The van der Waals surface area contributed by atoms with Crippen molar-refractivity contribution in [1.82, 2.24) is 0 Å². The van der Waals surface area contributed by atoms with Gasteiger partial charge in [0.25, 0.3) is 0 Å². The van der Waals surface area contributed by atoms with E-state index in [0.29, 0.717) is 5.92 Å². The molecule has 3 fully saturated rings. The van der Waals surface area contributed by atoms with Crippen molar-refractivity contribution in [2.45, 2.75) is 76.5 Å². The zero-order valence-electron chi connectivity index (χ0n) is 13.8. The lowest BCUT2D eigenvalue weighted by molar-refractivity contribution is -0.322. The minimum Gasteiger partial charge on any atom is -0.394 e. The van der Waals surface area contributed by atoms with Crippen LogP contribution >= 0.6 is 0 Å². The normalized spacial score (nSPS) is 55.3. The molecular weight excluding hydrogens is 304 g/mol. The second kappa shape index (κ2) is 5.62. The van der Waals surface area contributed by atoms with Gasteiger partial charge in [-0.05, 0) is 24.2 Å². The summed E-state index contributed by atoms with van der Waals surface area (Å²) in [4.78, 5) is 0. The lowest BCUT2D eigenvalue weighted by Crippen LogP contribution is -2.60. The number of fused-ring (bicyclic) bond motifs is 2. The zero-order valence-corrected chi connectivity index (χ0v) is 13.8. The van der Waals surface area contributed by atoms with E-state index in [2.05, 4.69) is 13.8 Å². The fourth-order valence-corrected chi connectivity index (χ4v) is 4.74. The van der Waals surface area contributed by atoms with E-state index in [1.54, 1.807) is 0 Å². The van der Waals surface area contributed by atoms with Crippen LogP contribution in [0.1, 0.15) is 33.6 Å². The Bertz CT molecular complexity index is 454. The summed E-state index contributed by atoms with van der Waals surface area (Å²) < 4.78 is 11.4. The predicted octanol–water partition coefficient (Wildman–Crippen LogP) is -1.01. The van der Waals surface area contributed by atoms with Crippen molar-refractivity contribution in [1.29, 1.82) is 0 Å². The minimum atomic E-state index is -1.45. The van der Waals surface area contributed by atoms with Crippen molar-refractivity contribution >= 4 is 0 Å². The third kappa shape index (κ3) is 2.29. The van der Waals surface area contributed by atoms with E-state index in [9.17, 15) is 25.5 Å². The van der Waals surface area contributed by atoms with Gasteiger partial charge in [0.1, 0.15) is 24.4 Å². The molecule has 0 aromatic rings. The Labute approximate surface area is 135 Å². The fraction of sp³-hybridized carbons (Fsp3) is 1.00. The monoisotopic (exact) mass is 332 g/mol. The van der Waals surface area contributed by atoms with Gasteiger partial charge >= 0.3 is 0 Å². The van der Waals surface area contributed by atoms with E-state index in [1.165, 1.54) is 0 Å². The van der Waals surface area contributed by atoms with Crippen molar-refractivity contribution < 1.29 is 35.0 Å². The molecule has 0 amide bonds. The molecule has 1 heterocycles. The smallest absolute Gasteiger partial charge is 0.186 e. The molecule has 23 heavy (non-hydrogen) atoms. The van der Waals surface area contributed by atoms with E-state index < -0.39 is 48.8 Å². The van der Waals surface area contributed by atoms with E-state index in [0.717, 1.165) is 12.8 Å². The summed E-state index contributed by atoms with van der Waals surface area (Å²) >= 11 is 0. The molecule has 2 aliphatic carbocycles. The first-order valence-electron chi connectivity index (χ1n) is 8.28. The highest BCUT2D eigenvalue weighted by Gasteiger charge is 2.67. The first kappa shape index (κ1) is 17.5. The Morgan fingerprint density at radius 2 is 1.65 bits per heavy atom. The van der Waals surface area contributed by atoms with Crippen molar-refractivity contribution in [3.05, 3.63) is 0 Å². The maximum absolute atomic E-state index is 10.5. The highest BCUT2D eigenvalue weighted by molar-refractivity contribution is 5.15. The van der Waals surface area contributed by atoms with Crippen LogP contribution in [0.2, 0.25) is 0 Å². The molecule has 134 valence electrons. The highest BCUT2D eigenvalue weighted by atomic mass is 16.7. The minimum absolute atomic E-state index is 0.106. The lowest BCUT2D eigenvalue weighted by atomic mass is 9.69. The van der Waals surface area contributed by atoms with Gasteiger partial charge in [-0.25, -0.2) is 0 Å². The first-order chi connectivity index (χ1) is 10.6. The predicted molar refractivity (Wildman–Crippen MR) is 79.3 cm³/mol. The molecule has 0 aromatic carbocycles. The van der Waals surface area contributed by atoms with E-state index in [1.807, 2.05) is 6.92 Å². The standard InChI is InChI=1S/C16H28O7/c1-15(2)7-4-9(18)16(15,3)10(5-7)23-14-13(21)12(20)11(19)8(6-17)22-14/h7-14,17-21H,4-6H2,1-3H3/t7-,8-,9+,10+,11-,12+,13-,14+,16+/m1/s1. The lowest BCUT2D eigenvalue weighted by Gasteiger charge is -2.45. The topological polar surface area (TPSA) is 120 Å². The summed E-state index contributed by atoms with van der Waals surface area (Å²) in [5, 5.41) is 49.5. The molecule has 1 saturated heterocycles. The molecule has 2 bridgehead atoms. The number of hydrogen-bond acceptors (Lipinski definition) is 7. The molecule has 3 aliphatic rings. The van der Waals surface area contributed by atoms with Gasteiger partial charge in [0.15, 0.2) is 6.29 Å². The average Bonchev–Trinajstić information content (AvgIpc) is 2.79. The molecule has 2 saturated carbocycles. The van der Waals surface area contributed by atoms with Crippen molar-refractivity contribution in [3.63, 3.8) is 0 Å². The van der Waals surface area contributed by atoms with Crippen LogP contribution in [0.4, 0.5) is 0 Å². The molecule has 1 aliphatic heterocycles. The van der Waals surface area contributed by atoms with Crippen LogP contribution < -0.4 is 0 Å². The summed E-state index contributed by atoms with van der Waals surface area (Å²) in [6.07, 6.45) is -5.72. The summed E-state index contributed by atoms with van der Waals surface area (Å²) in [7, 11) is 0. The molecule has 3 rings (SSSR count). The molecule has 0 radical (unpaired) electrons. The van der Waals surface area contributed by atoms with E-state index in [-0.39, 0.29) is 11.5 Å². The molecule has 0 spiro atoms. The maximum atomic E-state index is 10.5. The quantitative estimate of drug-likeness (QED) is 0.449. The number of ether oxygens (including phenoxy) is 2. The number of rotatable bonds is 3. The number of aliphatic hydroxyl groups is 5. The van der Waals surface area contributed by atoms with E-state index >= 15 is 0 Å². The van der Waals surface area contributed by atoms with Gasteiger partial charge < -0.3 is 35.0 Å². The van der Waals surface area contributed by atoms with Gasteiger partial charge in [0.05, 0.1) is 18.8 Å². The van der Waals surface area contributed by atoms with Gasteiger partial charge in [0.2, 0.25) is 0 Å². The van der Waals surface area contributed by atoms with E-state index in [4.69, 9.17) is 9.47 Å². The second-order valence-electron chi connectivity index (χ2n) is 8.01. The van der Waals surface area contributed by atoms with Crippen molar-refractivity contribution in [2.24, 2.45) is 16.7 Å². The van der Waals surface area contributed by atoms with Crippen LogP contribution in [0.15, 0.2) is 0 Å². The van der Waals surface area contributed by atoms with Gasteiger partial charge in [-0.1, -0.05) is 20.8 Å².